The number of aromatic hydroxyl groups is 1. The second kappa shape index (κ2) is 6.80. The van der Waals surface area contributed by atoms with E-state index in [9.17, 15) is 9.90 Å². The second-order valence-electron chi connectivity index (χ2n) is 5.87. The minimum absolute atomic E-state index is 0.00501. The zero-order chi connectivity index (χ0) is 15.4. The molecular formula is C16H24N2O3. The molecule has 0 spiro atoms. The van der Waals surface area contributed by atoms with Gasteiger partial charge in [-0.05, 0) is 24.1 Å². The molecule has 0 aliphatic carbocycles. The van der Waals surface area contributed by atoms with Crippen LogP contribution in [0.15, 0.2) is 18.2 Å². The van der Waals surface area contributed by atoms with Gasteiger partial charge in [0.2, 0.25) is 0 Å². The van der Waals surface area contributed by atoms with Gasteiger partial charge in [0.15, 0.2) is 0 Å². The molecule has 1 heterocycles. The number of amides is 1. The standard InChI is InChI=1S/C16H24N2O3/c1-12(2)11-17-6-8-18(9-7-17)16(20)14-10-13(21-3)4-5-15(14)19/h4-5,10,12,19H,6-9,11H2,1-3H3. The Hall–Kier alpha value is -1.75. The van der Waals surface area contributed by atoms with E-state index in [1.807, 2.05) is 0 Å². The van der Waals surface area contributed by atoms with Crippen molar-refractivity contribution in [2.45, 2.75) is 13.8 Å². The van der Waals surface area contributed by atoms with Crippen molar-refractivity contribution in [3.05, 3.63) is 23.8 Å². The minimum atomic E-state index is -0.129. The van der Waals surface area contributed by atoms with Gasteiger partial charge in [0.05, 0.1) is 12.7 Å². The number of carbonyl (C=O) groups is 1. The summed E-state index contributed by atoms with van der Waals surface area (Å²) in [4.78, 5) is 16.7. The zero-order valence-electron chi connectivity index (χ0n) is 13.0. The van der Waals surface area contributed by atoms with E-state index < -0.39 is 0 Å². The van der Waals surface area contributed by atoms with Crippen molar-refractivity contribution in [3.8, 4) is 11.5 Å². The van der Waals surface area contributed by atoms with Gasteiger partial charge in [0.1, 0.15) is 11.5 Å². The van der Waals surface area contributed by atoms with Crippen LogP contribution in [0.1, 0.15) is 24.2 Å². The molecule has 5 heteroatoms. The van der Waals surface area contributed by atoms with E-state index in [-0.39, 0.29) is 11.7 Å². The van der Waals surface area contributed by atoms with Gasteiger partial charge >= 0.3 is 0 Å². The Morgan fingerprint density at radius 2 is 1.95 bits per heavy atom. The highest BCUT2D eigenvalue weighted by molar-refractivity contribution is 5.97. The summed E-state index contributed by atoms with van der Waals surface area (Å²) in [7, 11) is 1.55. The van der Waals surface area contributed by atoms with Crippen LogP contribution in [0.5, 0.6) is 11.5 Å². The van der Waals surface area contributed by atoms with Crippen LogP contribution in [-0.2, 0) is 0 Å². The SMILES string of the molecule is COc1ccc(O)c(C(=O)N2CCN(CC(C)C)CC2)c1. The third-order valence-corrected chi connectivity index (χ3v) is 3.72. The Morgan fingerprint density at radius 1 is 1.29 bits per heavy atom. The summed E-state index contributed by atoms with van der Waals surface area (Å²) in [5, 5.41) is 9.89. The van der Waals surface area contributed by atoms with Crippen molar-refractivity contribution in [3.63, 3.8) is 0 Å². The first-order valence-corrected chi connectivity index (χ1v) is 7.40. The highest BCUT2D eigenvalue weighted by atomic mass is 16.5. The molecule has 0 aromatic heterocycles. The van der Waals surface area contributed by atoms with E-state index in [1.165, 1.54) is 6.07 Å². The van der Waals surface area contributed by atoms with Gasteiger partial charge < -0.3 is 14.7 Å². The fourth-order valence-electron chi connectivity index (χ4n) is 2.63. The molecule has 21 heavy (non-hydrogen) atoms. The van der Waals surface area contributed by atoms with Crippen molar-refractivity contribution in [2.75, 3.05) is 39.8 Å². The van der Waals surface area contributed by atoms with E-state index >= 15 is 0 Å². The predicted molar refractivity (Wildman–Crippen MR) is 81.8 cm³/mol. The number of methoxy groups -OCH3 is 1. The molecule has 1 aromatic carbocycles. The van der Waals surface area contributed by atoms with Gasteiger partial charge in [0.25, 0.3) is 5.91 Å². The Morgan fingerprint density at radius 3 is 2.52 bits per heavy atom. The van der Waals surface area contributed by atoms with E-state index in [1.54, 1.807) is 24.1 Å². The predicted octanol–water partition coefficient (Wildman–Crippen LogP) is 1.81. The molecule has 1 aliphatic heterocycles. The van der Waals surface area contributed by atoms with E-state index in [0.717, 1.165) is 19.6 Å². The lowest BCUT2D eigenvalue weighted by Crippen LogP contribution is -2.49. The maximum absolute atomic E-state index is 12.5. The number of phenols is 1. The molecule has 1 N–H and O–H groups in total. The molecule has 1 aromatic rings. The van der Waals surface area contributed by atoms with Crippen LogP contribution in [0, 0.1) is 5.92 Å². The molecule has 1 saturated heterocycles. The summed E-state index contributed by atoms with van der Waals surface area (Å²) in [5.74, 6) is 1.09. The Bertz CT molecular complexity index is 494. The monoisotopic (exact) mass is 292 g/mol. The van der Waals surface area contributed by atoms with Crippen molar-refractivity contribution in [2.24, 2.45) is 5.92 Å². The fourth-order valence-corrected chi connectivity index (χ4v) is 2.63. The zero-order valence-corrected chi connectivity index (χ0v) is 13.0. The topological polar surface area (TPSA) is 53.0 Å². The lowest BCUT2D eigenvalue weighted by molar-refractivity contribution is 0.0620. The lowest BCUT2D eigenvalue weighted by atomic mass is 10.1. The van der Waals surface area contributed by atoms with Gasteiger partial charge in [-0.1, -0.05) is 13.8 Å². The second-order valence-corrected chi connectivity index (χ2v) is 5.87. The molecular weight excluding hydrogens is 268 g/mol. The van der Waals surface area contributed by atoms with Crippen molar-refractivity contribution in [1.82, 2.24) is 9.80 Å². The first kappa shape index (κ1) is 15.6. The highest BCUT2D eigenvalue weighted by Gasteiger charge is 2.24. The quantitative estimate of drug-likeness (QED) is 0.919. The van der Waals surface area contributed by atoms with Crippen LogP contribution < -0.4 is 4.74 Å². The summed E-state index contributed by atoms with van der Waals surface area (Å²) < 4.78 is 5.12. The number of piperazine rings is 1. The van der Waals surface area contributed by atoms with Crippen molar-refractivity contribution in [1.29, 1.82) is 0 Å². The van der Waals surface area contributed by atoms with Crippen molar-refractivity contribution >= 4 is 5.91 Å². The molecule has 1 amide bonds. The number of hydrogen-bond acceptors (Lipinski definition) is 4. The molecule has 1 fully saturated rings. The number of carbonyl (C=O) groups excluding carboxylic acids is 1. The Kier molecular flexibility index (Phi) is 5.07. The molecule has 116 valence electrons. The molecule has 0 saturated carbocycles. The smallest absolute Gasteiger partial charge is 0.257 e. The van der Waals surface area contributed by atoms with Crippen LogP contribution in [-0.4, -0.2) is 60.6 Å². The summed E-state index contributed by atoms with van der Waals surface area (Å²) in [6.45, 7) is 8.62. The first-order valence-electron chi connectivity index (χ1n) is 7.40. The van der Waals surface area contributed by atoms with Crippen molar-refractivity contribution < 1.29 is 14.6 Å². The van der Waals surface area contributed by atoms with Gasteiger partial charge in [-0.15, -0.1) is 0 Å². The van der Waals surface area contributed by atoms with Crippen LogP contribution in [0.4, 0.5) is 0 Å². The Balaban J connectivity index is 2.02. The summed E-state index contributed by atoms with van der Waals surface area (Å²) in [5.41, 5.74) is 0.312. The van der Waals surface area contributed by atoms with E-state index in [4.69, 9.17) is 4.74 Å². The summed E-state index contributed by atoms with van der Waals surface area (Å²) >= 11 is 0. The van der Waals surface area contributed by atoms with E-state index in [2.05, 4.69) is 18.7 Å². The highest BCUT2D eigenvalue weighted by Crippen LogP contribution is 2.24. The normalized spacial score (nSPS) is 16.3. The molecule has 5 nitrogen and oxygen atoms in total. The van der Waals surface area contributed by atoms with Gasteiger partial charge in [-0.2, -0.15) is 0 Å². The number of hydrogen-bond donors (Lipinski definition) is 1. The maximum atomic E-state index is 12.5. The third kappa shape index (κ3) is 3.88. The van der Waals surface area contributed by atoms with Gasteiger partial charge in [-0.25, -0.2) is 0 Å². The van der Waals surface area contributed by atoms with Crippen LogP contribution in [0.2, 0.25) is 0 Å². The molecule has 0 radical (unpaired) electrons. The number of nitrogens with zero attached hydrogens (tertiary/aromatic N) is 2. The van der Waals surface area contributed by atoms with Crippen LogP contribution in [0.3, 0.4) is 0 Å². The molecule has 0 atom stereocenters. The number of rotatable bonds is 4. The summed E-state index contributed by atoms with van der Waals surface area (Å²) in [6.07, 6.45) is 0. The van der Waals surface area contributed by atoms with Gasteiger partial charge in [0, 0.05) is 32.7 Å². The first-order chi connectivity index (χ1) is 10.0. The van der Waals surface area contributed by atoms with Crippen LogP contribution in [0.25, 0.3) is 0 Å². The Labute approximate surface area is 126 Å². The van der Waals surface area contributed by atoms with Crippen LogP contribution >= 0.6 is 0 Å². The summed E-state index contributed by atoms with van der Waals surface area (Å²) in [6, 6.07) is 4.74. The average molecular weight is 292 g/mol. The number of phenolic OH excluding ortho intramolecular Hbond substituents is 1. The average Bonchev–Trinajstić information content (AvgIpc) is 2.47. The molecule has 0 unspecified atom stereocenters. The lowest BCUT2D eigenvalue weighted by Gasteiger charge is -2.35. The van der Waals surface area contributed by atoms with Gasteiger partial charge in [-0.3, -0.25) is 9.69 Å². The minimum Gasteiger partial charge on any atom is -0.507 e. The van der Waals surface area contributed by atoms with E-state index in [0.29, 0.717) is 30.3 Å². The molecule has 1 aliphatic rings. The molecule has 2 rings (SSSR count). The third-order valence-electron chi connectivity index (χ3n) is 3.72. The largest absolute Gasteiger partial charge is 0.507 e. The maximum Gasteiger partial charge on any atom is 0.257 e. The fraction of sp³-hybridized carbons (Fsp3) is 0.562. The number of benzene rings is 1. The molecule has 0 bridgehead atoms. The number of ether oxygens (including phenoxy) is 1.